The number of nitrogens with one attached hydrogen (secondary N) is 1. The maximum absolute atomic E-state index is 11.0. The van der Waals surface area contributed by atoms with Gasteiger partial charge in [0.25, 0.3) is 0 Å². The van der Waals surface area contributed by atoms with Crippen molar-refractivity contribution in [2.24, 2.45) is 5.92 Å². The van der Waals surface area contributed by atoms with E-state index in [-0.39, 0.29) is 5.56 Å². The van der Waals surface area contributed by atoms with Crippen molar-refractivity contribution in [1.29, 1.82) is 0 Å². The molecule has 1 amide bonds. The van der Waals surface area contributed by atoms with Crippen LogP contribution in [0.3, 0.4) is 0 Å². The maximum atomic E-state index is 11.0. The van der Waals surface area contributed by atoms with E-state index in [4.69, 9.17) is 9.84 Å². The minimum absolute atomic E-state index is 0.232. The second-order valence-corrected chi connectivity index (χ2v) is 6.24. The number of hydrogen-bond acceptors (Lipinski definition) is 5. The number of carboxylic acids is 1. The van der Waals surface area contributed by atoms with E-state index in [0.29, 0.717) is 30.4 Å². The standard InChI is InChI=1S/C19H21N3O4/c23-13-21-16-4-5-18(20-11-16)22-8-6-14(7-9-22)12-26-17-3-1-2-15(10-17)19(24)25/h1-5,10-11,13-14H,6-9,12H2,(H,21,23)(H,24,25). The quantitative estimate of drug-likeness (QED) is 0.742. The lowest BCUT2D eigenvalue weighted by atomic mass is 9.98. The molecule has 0 saturated carbocycles. The highest BCUT2D eigenvalue weighted by Gasteiger charge is 2.20. The summed E-state index contributed by atoms with van der Waals surface area (Å²) in [6, 6.07) is 10.3. The van der Waals surface area contributed by atoms with Gasteiger partial charge in [-0.25, -0.2) is 9.78 Å². The number of ether oxygens (including phenoxy) is 1. The van der Waals surface area contributed by atoms with Gasteiger partial charge in [0.2, 0.25) is 6.41 Å². The Morgan fingerprint density at radius 2 is 2.12 bits per heavy atom. The molecule has 1 aliphatic heterocycles. The van der Waals surface area contributed by atoms with E-state index in [9.17, 15) is 9.59 Å². The average molecular weight is 355 g/mol. The number of pyridine rings is 1. The Morgan fingerprint density at radius 1 is 1.31 bits per heavy atom. The Morgan fingerprint density at radius 3 is 2.77 bits per heavy atom. The summed E-state index contributed by atoms with van der Waals surface area (Å²) in [7, 11) is 0. The van der Waals surface area contributed by atoms with Gasteiger partial charge in [-0.05, 0) is 49.1 Å². The van der Waals surface area contributed by atoms with E-state index in [1.807, 2.05) is 12.1 Å². The lowest BCUT2D eigenvalue weighted by Gasteiger charge is -2.32. The van der Waals surface area contributed by atoms with Crippen molar-refractivity contribution in [3.63, 3.8) is 0 Å². The molecule has 3 rings (SSSR count). The van der Waals surface area contributed by atoms with Gasteiger partial charge in [-0.3, -0.25) is 4.79 Å². The minimum atomic E-state index is -0.953. The molecule has 0 aliphatic carbocycles. The number of hydrogen-bond donors (Lipinski definition) is 2. The van der Waals surface area contributed by atoms with Crippen LogP contribution in [-0.4, -0.2) is 42.2 Å². The first-order chi connectivity index (χ1) is 12.7. The first kappa shape index (κ1) is 17.7. The summed E-state index contributed by atoms with van der Waals surface area (Å²) in [6.07, 6.45) is 4.24. The molecule has 7 heteroatoms. The molecule has 7 nitrogen and oxygen atoms in total. The first-order valence-electron chi connectivity index (χ1n) is 8.53. The molecular formula is C19H21N3O4. The predicted molar refractivity (Wildman–Crippen MR) is 97.8 cm³/mol. The van der Waals surface area contributed by atoms with Gasteiger partial charge in [0, 0.05) is 13.1 Å². The van der Waals surface area contributed by atoms with Crippen molar-refractivity contribution in [3.8, 4) is 5.75 Å². The molecule has 0 radical (unpaired) electrons. The Kier molecular flexibility index (Phi) is 5.68. The van der Waals surface area contributed by atoms with E-state index in [2.05, 4.69) is 15.2 Å². The Bertz CT molecular complexity index is 756. The molecule has 26 heavy (non-hydrogen) atoms. The third-order valence-corrected chi connectivity index (χ3v) is 4.48. The van der Waals surface area contributed by atoms with Crippen LogP contribution in [0.4, 0.5) is 11.5 Å². The van der Waals surface area contributed by atoms with Crippen molar-refractivity contribution >= 4 is 23.9 Å². The van der Waals surface area contributed by atoms with Crippen molar-refractivity contribution in [3.05, 3.63) is 48.2 Å². The molecule has 1 fully saturated rings. The fourth-order valence-electron chi connectivity index (χ4n) is 2.99. The highest BCUT2D eigenvalue weighted by Crippen LogP contribution is 2.24. The second kappa shape index (κ2) is 8.33. The van der Waals surface area contributed by atoms with Gasteiger partial charge in [0.1, 0.15) is 11.6 Å². The number of piperidine rings is 1. The van der Waals surface area contributed by atoms with Crippen LogP contribution in [0.5, 0.6) is 5.75 Å². The van der Waals surface area contributed by atoms with Crippen LogP contribution in [0.15, 0.2) is 42.6 Å². The number of carbonyl (C=O) groups excluding carboxylic acids is 1. The fourth-order valence-corrected chi connectivity index (χ4v) is 2.99. The van der Waals surface area contributed by atoms with E-state index < -0.39 is 5.97 Å². The summed E-state index contributed by atoms with van der Waals surface area (Å²) in [5.41, 5.74) is 0.909. The Balaban J connectivity index is 1.48. The van der Waals surface area contributed by atoms with Crippen LogP contribution < -0.4 is 15.0 Å². The lowest BCUT2D eigenvalue weighted by Crippen LogP contribution is -2.36. The summed E-state index contributed by atoms with van der Waals surface area (Å²) in [5, 5.41) is 11.6. The third-order valence-electron chi connectivity index (χ3n) is 4.48. The molecule has 0 atom stereocenters. The van der Waals surface area contributed by atoms with Crippen LogP contribution >= 0.6 is 0 Å². The molecule has 2 N–H and O–H groups in total. The largest absolute Gasteiger partial charge is 0.493 e. The molecule has 2 aromatic rings. The number of aromatic nitrogens is 1. The molecular weight excluding hydrogens is 334 g/mol. The summed E-state index contributed by atoms with van der Waals surface area (Å²) < 4.78 is 5.78. The van der Waals surface area contributed by atoms with E-state index in [1.54, 1.807) is 30.5 Å². The zero-order chi connectivity index (χ0) is 18.4. The zero-order valence-corrected chi connectivity index (χ0v) is 14.3. The smallest absolute Gasteiger partial charge is 0.335 e. The topological polar surface area (TPSA) is 91.8 Å². The Labute approximate surface area is 151 Å². The number of carboxylic acid groups (broad SMARTS) is 1. The van der Waals surface area contributed by atoms with Gasteiger partial charge >= 0.3 is 5.97 Å². The van der Waals surface area contributed by atoms with Crippen LogP contribution in [-0.2, 0) is 4.79 Å². The molecule has 136 valence electrons. The molecule has 2 heterocycles. The molecule has 0 unspecified atom stereocenters. The zero-order valence-electron chi connectivity index (χ0n) is 14.3. The maximum Gasteiger partial charge on any atom is 0.335 e. The fraction of sp³-hybridized carbons (Fsp3) is 0.316. The van der Waals surface area contributed by atoms with Crippen molar-refractivity contribution in [1.82, 2.24) is 4.98 Å². The van der Waals surface area contributed by atoms with Gasteiger partial charge in [0.05, 0.1) is 24.1 Å². The monoisotopic (exact) mass is 355 g/mol. The lowest BCUT2D eigenvalue weighted by molar-refractivity contribution is -0.105. The second-order valence-electron chi connectivity index (χ2n) is 6.24. The number of nitrogens with zero attached hydrogens (tertiary/aromatic N) is 2. The number of amides is 1. The normalized spacial score (nSPS) is 14.7. The van der Waals surface area contributed by atoms with Gasteiger partial charge in [-0.2, -0.15) is 0 Å². The number of anilines is 2. The first-order valence-corrected chi connectivity index (χ1v) is 8.53. The highest BCUT2D eigenvalue weighted by atomic mass is 16.5. The van der Waals surface area contributed by atoms with Crippen molar-refractivity contribution in [2.75, 3.05) is 29.9 Å². The van der Waals surface area contributed by atoms with Crippen molar-refractivity contribution < 1.29 is 19.4 Å². The summed E-state index contributed by atoms with van der Waals surface area (Å²) in [4.78, 5) is 28.0. The van der Waals surface area contributed by atoms with Gasteiger partial charge in [0.15, 0.2) is 0 Å². The van der Waals surface area contributed by atoms with Crippen LogP contribution in [0, 0.1) is 5.92 Å². The van der Waals surface area contributed by atoms with Crippen LogP contribution in [0.2, 0.25) is 0 Å². The van der Waals surface area contributed by atoms with E-state index in [0.717, 1.165) is 31.7 Å². The third kappa shape index (κ3) is 4.50. The highest BCUT2D eigenvalue weighted by molar-refractivity contribution is 5.88. The Hall–Kier alpha value is -3.09. The number of rotatable bonds is 7. The summed E-state index contributed by atoms with van der Waals surface area (Å²) in [6.45, 7) is 2.35. The summed E-state index contributed by atoms with van der Waals surface area (Å²) >= 11 is 0. The van der Waals surface area contributed by atoms with Gasteiger partial charge < -0.3 is 20.1 Å². The average Bonchev–Trinajstić information content (AvgIpc) is 2.68. The molecule has 1 aromatic heterocycles. The molecule has 0 bridgehead atoms. The molecule has 1 aromatic carbocycles. The van der Waals surface area contributed by atoms with E-state index in [1.165, 1.54) is 0 Å². The predicted octanol–water partition coefficient (Wildman–Crippen LogP) is 2.64. The van der Waals surface area contributed by atoms with Crippen LogP contribution in [0.1, 0.15) is 23.2 Å². The van der Waals surface area contributed by atoms with E-state index >= 15 is 0 Å². The minimum Gasteiger partial charge on any atom is -0.493 e. The molecule has 1 aliphatic rings. The number of aromatic carboxylic acids is 1. The molecule has 1 saturated heterocycles. The molecule has 0 spiro atoms. The number of carbonyl (C=O) groups is 2. The van der Waals surface area contributed by atoms with Gasteiger partial charge in [-0.15, -0.1) is 0 Å². The van der Waals surface area contributed by atoms with Crippen molar-refractivity contribution in [2.45, 2.75) is 12.8 Å². The SMILES string of the molecule is O=CNc1ccc(N2CCC(COc3cccc(C(=O)O)c3)CC2)nc1. The summed E-state index contributed by atoms with van der Waals surface area (Å²) in [5.74, 6) is 0.962. The van der Waals surface area contributed by atoms with Gasteiger partial charge in [-0.1, -0.05) is 6.07 Å². The van der Waals surface area contributed by atoms with Crippen LogP contribution in [0.25, 0.3) is 0 Å². The number of benzene rings is 1.